The fourth-order valence-electron chi connectivity index (χ4n) is 5.63. The van der Waals surface area contributed by atoms with Crippen molar-refractivity contribution in [2.45, 2.75) is 206 Å². The number of carbonyl (C=O) groups is 2. The van der Waals surface area contributed by atoms with Crippen molar-refractivity contribution in [3.05, 3.63) is 24.3 Å². The van der Waals surface area contributed by atoms with Gasteiger partial charge in [0.1, 0.15) is 0 Å². The van der Waals surface area contributed by atoms with Crippen LogP contribution in [0.4, 0.5) is 0 Å². The maximum atomic E-state index is 12.1. The Morgan fingerprint density at radius 2 is 0.848 bits per heavy atom. The van der Waals surface area contributed by atoms with Crippen molar-refractivity contribution < 1.29 is 19.8 Å². The summed E-state index contributed by atoms with van der Waals surface area (Å²) in [5, 5.41) is 26.0. The summed E-state index contributed by atoms with van der Waals surface area (Å²) in [4.78, 5) is 24.1. The fourth-order valence-corrected chi connectivity index (χ4v) is 5.63. The molecule has 0 aromatic carbocycles. The molecule has 0 aliphatic rings. The Hall–Kier alpha value is -1.66. The van der Waals surface area contributed by atoms with Gasteiger partial charge in [-0.1, -0.05) is 128 Å². The number of rotatable bonds is 35. The van der Waals surface area contributed by atoms with Crippen LogP contribution in [0.2, 0.25) is 0 Å². The molecule has 0 saturated heterocycles. The molecule has 0 rings (SSSR count). The van der Waals surface area contributed by atoms with Gasteiger partial charge in [-0.2, -0.15) is 0 Å². The van der Waals surface area contributed by atoms with Gasteiger partial charge in [0.25, 0.3) is 0 Å². The van der Waals surface area contributed by atoms with E-state index in [-0.39, 0.29) is 24.0 Å². The number of aliphatic hydroxyl groups is 2. The third-order valence-electron chi connectivity index (χ3n) is 8.73. The van der Waals surface area contributed by atoms with Crippen LogP contribution >= 0.6 is 0 Å². The van der Waals surface area contributed by atoms with Crippen molar-refractivity contribution in [2.24, 2.45) is 0 Å². The minimum Gasteiger partial charge on any atom is -0.393 e. The highest BCUT2D eigenvalue weighted by molar-refractivity contribution is 5.76. The first-order valence-electron chi connectivity index (χ1n) is 19.7. The lowest BCUT2D eigenvalue weighted by molar-refractivity contribution is -0.122. The molecule has 0 fully saturated rings. The average Bonchev–Trinajstić information content (AvgIpc) is 3.04. The topological polar surface area (TPSA) is 98.7 Å². The number of hydrogen-bond acceptors (Lipinski definition) is 4. The van der Waals surface area contributed by atoms with Crippen LogP contribution in [0.15, 0.2) is 24.3 Å². The molecule has 2 amide bonds. The molecule has 0 saturated carbocycles. The molecule has 0 aliphatic carbocycles. The standard InChI is InChI=1S/C40H76N2O4/c1-3-5-7-21-29-37(43)31-23-17-13-9-11-15-19-25-33-39(45)41-35-27-28-36-42-40(46)34-26-20-16-12-10-14-18-24-32-38(44)30-22-8-6-4-2/h17-18,23-24,37-38,43-44H,3-16,19-22,25-36H2,1-2H3,(H,41,45)(H,42,46)/b23-17-,24-18-. The van der Waals surface area contributed by atoms with Gasteiger partial charge in [-0.25, -0.2) is 0 Å². The molecule has 6 nitrogen and oxygen atoms in total. The quantitative estimate of drug-likeness (QED) is 0.0406. The van der Waals surface area contributed by atoms with Crippen LogP contribution in [0.1, 0.15) is 194 Å². The zero-order valence-electron chi connectivity index (χ0n) is 30.4. The number of allylic oxidation sites excluding steroid dienone is 2. The average molecular weight is 649 g/mol. The SMILES string of the molecule is CCCCCCC(O)C/C=C\CCCCCCCC(=O)NCCCCNC(=O)CCCCCCC/C=C\CC(O)CCCCCC. The lowest BCUT2D eigenvalue weighted by atomic mass is 10.1. The monoisotopic (exact) mass is 649 g/mol. The van der Waals surface area contributed by atoms with Crippen LogP contribution in [0.25, 0.3) is 0 Å². The van der Waals surface area contributed by atoms with E-state index in [1.54, 1.807) is 0 Å². The normalized spacial score (nSPS) is 13.0. The van der Waals surface area contributed by atoms with E-state index in [1.807, 2.05) is 0 Å². The summed E-state index contributed by atoms with van der Waals surface area (Å²) < 4.78 is 0. The molecule has 0 aliphatic heterocycles. The van der Waals surface area contributed by atoms with E-state index in [9.17, 15) is 19.8 Å². The first-order valence-corrected chi connectivity index (χ1v) is 19.7. The second kappa shape index (κ2) is 36.2. The van der Waals surface area contributed by atoms with Gasteiger partial charge in [-0.05, 0) is 77.0 Å². The number of hydrogen-bond donors (Lipinski definition) is 4. The number of unbranched alkanes of at least 4 members (excludes halogenated alkanes) is 17. The van der Waals surface area contributed by atoms with Crippen LogP contribution < -0.4 is 10.6 Å². The highest BCUT2D eigenvalue weighted by atomic mass is 16.3. The predicted molar refractivity (Wildman–Crippen MR) is 197 cm³/mol. The molecule has 0 spiro atoms. The van der Waals surface area contributed by atoms with Crippen LogP contribution in [0, 0.1) is 0 Å². The van der Waals surface area contributed by atoms with Crippen molar-refractivity contribution in [1.29, 1.82) is 0 Å². The van der Waals surface area contributed by atoms with E-state index in [2.05, 4.69) is 48.8 Å². The van der Waals surface area contributed by atoms with Crippen molar-refractivity contribution >= 4 is 11.8 Å². The zero-order valence-corrected chi connectivity index (χ0v) is 30.4. The van der Waals surface area contributed by atoms with Crippen molar-refractivity contribution in [3.8, 4) is 0 Å². The first-order chi connectivity index (χ1) is 22.5. The maximum absolute atomic E-state index is 12.1. The molecule has 0 radical (unpaired) electrons. The summed E-state index contributed by atoms with van der Waals surface area (Å²) in [7, 11) is 0. The van der Waals surface area contributed by atoms with Crippen molar-refractivity contribution in [2.75, 3.05) is 13.1 Å². The van der Waals surface area contributed by atoms with Gasteiger partial charge < -0.3 is 20.8 Å². The van der Waals surface area contributed by atoms with Crippen LogP contribution in [-0.4, -0.2) is 47.3 Å². The summed E-state index contributed by atoms with van der Waals surface area (Å²) in [6.45, 7) is 5.79. The molecule has 0 heterocycles. The van der Waals surface area contributed by atoms with Gasteiger partial charge in [0.2, 0.25) is 11.8 Å². The molecule has 6 heteroatoms. The Balaban J connectivity index is 3.41. The second-order valence-corrected chi connectivity index (χ2v) is 13.4. The van der Waals surface area contributed by atoms with Gasteiger partial charge in [0.15, 0.2) is 0 Å². The highest BCUT2D eigenvalue weighted by Gasteiger charge is 2.04. The third kappa shape index (κ3) is 35.2. The first kappa shape index (κ1) is 44.3. The van der Waals surface area contributed by atoms with Crippen molar-refractivity contribution in [1.82, 2.24) is 10.6 Å². The molecule has 0 aromatic heterocycles. The van der Waals surface area contributed by atoms with Gasteiger partial charge in [-0.15, -0.1) is 0 Å². The molecule has 46 heavy (non-hydrogen) atoms. The van der Waals surface area contributed by atoms with E-state index in [4.69, 9.17) is 0 Å². The van der Waals surface area contributed by atoms with Gasteiger partial charge >= 0.3 is 0 Å². The Bertz CT molecular complexity index is 664. The number of aliphatic hydroxyl groups excluding tert-OH is 2. The molecule has 2 atom stereocenters. The minimum atomic E-state index is -0.183. The Labute approximate surface area is 285 Å². The molecule has 2 unspecified atom stereocenters. The summed E-state index contributed by atoms with van der Waals surface area (Å²) in [6.07, 6.45) is 37.8. The van der Waals surface area contributed by atoms with Crippen LogP contribution in [0.5, 0.6) is 0 Å². The Morgan fingerprint density at radius 1 is 0.478 bits per heavy atom. The number of carbonyl (C=O) groups excluding carboxylic acids is 2. The van der Waals surface area contributed by atoms with E-state index < -0.39 is 0 Å². The third-order valence-corrected chi connectivity index (χ3v) is 8.73. The number of amides is 2. The molecule has 270 valence electrons. The minimum absolute atomic E-state index is 0.142. The highest BCUT2D eigenvalue weighted by Crippen LogP contribution is 2.12. The van der Waals surface area contributed by atoms with Crippen molar-refractivity contribution in [3.63, 3.8) is 0 Å². The molecular weight excluding hydrogens is 572 g/mol. The van der Waals surface area contributed by atoms with Crippen LogP contribution in [-0.2, 0) is 9.59 Å². The molecule has 0 aromatic rings. The van der Waals surface area contributed by atoms with E-state index in [0.29, 0.717) is 25.9 Å². The van der Waals surface area contributed by atoms with E-state index in [0.717, 1.165) is 89.9 Å². The molecular formula is C40H76N2O4. The van der Waals surface area contributed by atoms with E-state index >= 15 is 0 Å². The van der Waals surface area contributed by atoms with E-state index in [1.165, 1.54) is 77.0 Å². The lowest BCUT2D eigenvalue weighted by Gasteiger charge is -2.07. The lowest BCUT2D eigenvalue weighted by Crippen LogP contribution is -2.27. The van der Waals surface area contributed by atoms with Gasteiger partial charge in [0.05, 0.1) is 12.2 Å². The maximum Gasteiger partial charge on any atom is 0.219 e. The van der Waals surface area contributed by atoms with Crippen LogP contribution in [0.3, 0.4) is 0 Å². The van der Waals surface area contributed by atoms with Gasteiger partial charge in [0, 0.05) is 25.9 Å². The molecule has 4 N–H and O–H groups in total. The smallest absolute Gasteiger partial charge is 0.219 e. The summed E-state index contributed by atoms with van der Waals surface area (Å²) in [5.41, 5.74) is 0. The Morgan fingerprint density at radius 3 is 1.26 bits per heavy atom. The summed E-state index contributed by atoms with van der Waals surface area (Å²) in [6, 6.07) is 0. The zero-order chi connectivity index (χ0) is 33.8. The summed E-state index contributed by atoms with van der Waals surface area (Å²) in [5.74, 6) is 0.284. The largest absolute Gasteiger partial charge is 0.393 e. The van der Waals surface area contributed by atoms with Gasteiger partial charge in [-0.3, -0.25) is 9.59 Å². The second-order valence-electron chi connectivity index (χ2n) is 13.4. The summed E-state index contributed by atoms with van der Waals surface area (Å²) >= 11 is 0. The predicted octanol–water partition coefficient (Wildman–Crippen LogP) is 10.0. The molecule has 0 bridgehead atoms. The Kier molecular flexibility index (Phi) is 34.9. The fraction of sp³-hybridized carbons (Fsp3) is 0.850. The number of nitrogens with one attached hydrogen (secondary N) is 2.